The van der Waals surface area contributed by atoms with E-state index in [2.05, 4.69) is 30.4 Å². The third-order valence-corrected chi connectivity index (χ3v) is 3.70. The number of unbranched alkanes of at least 4 members (excludes halogenated alkanes) is 5. The first-order valence-corrected chi connectivity index (χ1v) is 8.44. The summed E-state index contributed by atoms with van der Waals surface area (Å²) in [4.78, 5) is 0. The van der Waals surface area contributed by atoms with E-state index in [-0.39, 0.29) is 0 Å². The number of para-hydroxylation sites is 3. The van der Waals surface area contributed by atoms with E-state index >= 15 is 0 Å². The third-order valence-electron chi connectivity index (χ3n) is 3.70. The second kappa shape index (κ2) is 9.88. The normalized spacial score (nSPS) is 10.4. The van der Waals surface area contributed by atoms with Crippen molar-refractivity contribution in [2.75, 3.05) is 11.9 Å². The maximum absolute atomic E-state index is 5.95. The lowest BCUT2D eigenvalue weighted by molar-refractivity contribution is 0.306. The van der Waals surface area contributed by atoms with Gasteiger partial charge in [0.2, 0.25) is 0 Å². The zero-order chi connectivity index (χ0) is 15.5. The van der Waals surface area contributed by atoms with Gasteiger partial charge in [0.15, 0.2) is 0 Å². The largest absolute Gasteiger partial charge is 0.491 e. The van der Waals surface area contributed by atoms with Crippen LogP contribution >= 0.6 is 0 Å². The van der Waals surface area contributed by atoms with Gasteiger partial charge in [0.05, 0.1) is 12.3 Å². The molecule has 0 heterocycles. The van der Waals surface area contributed by atoms with Gasteiger partial charge < -0.3 is 10.1 Å². The van der Waals surface area contributed by atoms with E-state index in [9.17, 15) is 0 Å². The molecule has 0 fully saturated rings. The Balaban J connectivity index is 1.79. The van der Waals surface area contributed by atoms with Gasteiger partial charge in [-0.1, -0.05) is 69.4 Å². The summed E-state index contributed by atoms with van der Waals surface area (Å²) in [6.45, 7) is 3.04. The van der Waals surface area contributed by atoms with Gasteiger partial charge in [-0.3, -0.25) is 0 Å². The quantitative estimate of drug-likeness (QED) is 0.529. The van der Waals surface area contributed by atoms with Crippen molar-refractivity contribution in [1.82, 2.24) is 0 Å². The van der Waals surface area contributed by atoms with Gasteiger partial charge >= 0.3 is 0 Å². The zero-order valence-electron chi connectivity index (χ0n) is 13.6. The molecule has 2 aromatic rings. The van der Waals surface area contributed by atoms with Crippen molar-refractivity contribution in [3.8, 4) is 5.75 Å². The van der Waals surface area contributed by atoms with Crippen LogP contribution in [0.4, 0.5) is 11.4 Å². The van der Waals surface area contributed by atoms with E-state index < -0.39 is 0 Å². The summed E-state index contributed by atoms with van der Waals surface area (Å²) < 4.78 is 5.95. The van der Waals surface area contributed by atoms with Crippen molar-refractivity contribution in [3.05, 3.63) is 54.6 Å². The topological polar surface area (TPSA) is 21.3 Å². The summed E-state index contributed by atoms with van der Waals surface area (Å²) in [5, 5.41) is 3.42. The van der Waals surface area contributed by atoms with Gasteiger partial charge in [0.1, 0.15) is 5.75 Å². The number of benzene rings is 2. The molecule has 0 aromatic heterocycles. The average molecular weight is 297 g/mol. The first-order chi connectivity index (χ1) is 10.9. The van der Waals surface area contributed by atoms with Crippen LogP contribution in [-0.2, 0) is 0 Å². The Morgan fingerprint density at radius 1 is 0.773 bits per heavy atom. The number of rotatable bonds is 10. The molecule has 0 atom stereocenters. The van der Waals surface area contributed by atoms with Crippen LogP contribution in [-0.4, -0.2) is 6.61 Å². The molecule has 0 radical (unpaired) electrons. The summed E-state index contributed by atoms with van der Waals surface area (Å²) >= 11 is 0. The van der Waals surface area contributed by atoms with E-state index in [1.165, 1.54) is 32.1 Å². The smallest absolute Gasteiger partial charge is 0.142 e. The second-order valence-electron chi connectivity index (χ2n) is 5.60. The number of hydrogen-bond donors (Lipinski definition) is 1. The summed E-state index contributed by atoms with van der Waals surface area (Å²) in [6, 6.07) is 18.3. The van der Waals surface area contributed by atoms with Crippen LogP contribution < -0.4 is 10.1 Å². The lowest BCUT2D eigenvalue weighted by atomic mass is 10.1. The van der Waals surface area contributed by atoms with Crippen molar-refractivity contribution in [2.24, 2.45) is 0 Å². The maximum Gasteiger partial charge on any atom is 0.142 e. The number of anilines is 2. The molecule has 2 rings (SSSR count). The van der Waals surface area contributed by atoms with Crippen LogP contribution in [0, 0.1) is 0 Å². The number of nitrogens with one attached hydrogen (secondary N) is 1. The molecule has 2 heteroatoms. The van der Waals surface area contributed by atoms with Gasteiger partial charge in [-0.15, -0.1) is 0 Å². The molecule has 0 aliphatic rings. The van der Waals surface area contributed by atoms with Crippen LogP contribution in [0.15, 0.2) is 54.6 Å². The number of hydrogen-bond acceptors (Lipinski definition) is 2. The highest BCUT2D eigenvalue weighted by Gasteiger charge is 2.03. The Labute approximate surface area is 134 Å². The molecule has 2 nitrogen and oxygen atoms in total. The molecule has 0 saturated heterocycles. The minimum absolute atomic E-state index is 0.791. The third kappa shape index (κ3) is 5.80. The molecule has 0 aliphatic carbocycles. The highest BCUT2D eigenvalue weighted by Crippen LogP contribution is 2.27. The van der Waals surface area contributed by atoms with Crippen molar-refractivity contribution in [3.63, 3.8) is 0 Å². The summed E-state index contributed by atoms with van der Waals surface area (Å²) in [5.74, 6) is 0.930. The van der Waals surface area contributed by atoms with Crippen LogP contribution in [0.25, 0.3) is 0 Å². The minimum Gasteiger partial charge on any atom is -0.491 e. The fourth-order valence-electron chi connectivity index (χ4n) is 2.44. The first kappa shape index (κ1) is 16.4. The summed E-state index contributed by atoms with van der Waals surface area (Å²) in [7, 11) is 0. The second-order valence-corrected chi connectivity index (χ2v) is 5.60. The van der Waals surface area contributed by atoms with E-state index in [4.69, 9.17) is 4.74 Å². The highest BCUT2D eigenvalue weighted by molar-refractivity contribution is 5.65. The molecule has 118 valence electrons. The Hall–Kier alpha value is -1.96. The van der Waals surface area contributed by atoms with Crippen LogP contribution in [0.2, 0.25) is 0 Å². The molecule has 0 bridgehead atoms. The molecule has 0 saturated carbocycles. The Morgan fingerprint density at radius 3 is 2.27 bits per heavy atom. The lowest BCUT2D eigenvalue weighted by Gasteiger charge is -2.13. The van der Waals surface area contributed by atoms with E-state index in [1.54, 1.807) is 0 Å². The van der Waals surface area contributed by atoms with Crippen molar-refractivity contribution in [1.29, 1.82) is 0 Å². The Morgan fingerprint density at radius 2 is 1.45 bits per heavy atom. The maximum atomic E-state index is 5.95. The van der Waals surface area contributed by atoms with Crippen LogP contribution in [0.5, 0.6) is 5.75 Å². The van der Waals surface area contributed by atoms with Crippen LogP contribution in [0.1, 0.15) is 45.4 Å². The molecule has 0 aliphatic heterocycles. The zero-order valence-corrected chi connectivity index (χ0v) is 13.6. The van der Waals surface area contributed by atoms with E-state index in [0.717, 1.165) is 30.2 Å². The fraction of sp³-hybridized carbons (Fsp3) is 0.400. The standard InChI is InChI=1S/C20H27NO/c1-2-3-4-5-6-12-17-22-20-16-11-10-15-19(20)21-18-13-8-7-9-14-18/h7-11,13-16,21H,2-6,12,17H2,1H3. The SMILES string of the molecule is CCCCCCCCOc1ccccc1Nc1ccccc1. The summed E-state index contributed by atoms with van der Waals surface area (Å²) in [5.41, 5.74) is 2.11. The predicted molar refractivity (Wildman–Crippen MR) is 95.0 cm³/mol. The fourth-order valence-corrected chi connectivity index (χ4v) is 2.44. The molecular formula is C20H27NO. The molecule has 0 unspecified atom stereocenters. The average Bonchev–Trinajstić information content (AvgIpc) is 2.56. The van der Waals surface area contributed by atoms with Crippen molar-refractivity contribution >= 4 is 11.4 Å². The van der Waals surface area contributed by atoms with E-state index in [1.807, 2.05) is 36.4 Å². The molecule has 0 spiro atoms. The molecule has 1 N–H and O–H groups in total. The van der Waals surface area contributed by atoms with Crippen LogP contribution in [0.3, 0.4) is 0 Å². The van der Waals surface area contributed by atoms with Crippen molar-refractivity contribution in [2.45, 2.75) is 45.4 Å². The van der Waals surface area contributed by atoms with Gasteiger partial charge in [0, 0.05) is 5.69 Å². The predicted octanol–water partition coefficient (Wildman–Crippen LogP) is 6.17. The molecular weight excluding hydrogens is 270 g/mol. The Bertz CT molecular complexity index is 524. The highest BCUT2D eigenvalue weighted by atomic mass is 16.5. The monoisotopic (exact) mass is 297 g/mol. The molecule has 22 heavy (non-hydrogen) atoms. The van der Waals surface area contributed by atoms with E-state index in [0.29, 0.717) is 0 Å². The first-order valence-electron chi connectivity index (χ1n) is 8.44. The molecule has 0 amide bonds. The number of ether oxygens (including phenoxy) is 1. The van der Waals surface area contributed by atoms with Crippen molar-refractivity contribution < 1.29 is 4.74 Å². The van der Waals surface area contributed by atoms with Gasteiger partial charge in [-0.2, -0.15) is 0 Å². The van der Waals surface area contributed by atoms with Gasteiger partial charge in [-0.05, 0) is 30.7 Å². The minimum atomic E-state index is 0.791. The summed E-state index contributed by atoms with van der Waals surface area (Å²) in [6.07, 6.45) is 7.71. The molecule has 2 aromatic carbocycles. The van der Waals surface area contributed by atoms with Gasteiger partial charge in [-0.25, -0.2) is 0 Å². The lowest BCUT2D eigenvalue weighted by Crippen LogP contribution is -2.00. The van der Waals surface area contributed by atoms with Gasteiger partial charge in [0.25, 0.3) is 0 Å². The Kier molecular flexibility index (Phi) is 7.37.